The van der Waals surface area contributed by atoms with E-state index in [4.69, 9.17) is 11.6 Å². The molecule has 0 bridgehead atoms. The molecule has 0 atom stereocenters. The summed E-state index contributed by atoms with van der Waals surface area (Å²) in [7, 11) is 0. The minimum Gasteiger partial charge on any atom is -0.309 e. The van der Waals surface area contributed by atoms with Gasteiger partial charge >= 0.3 is 0 Å². The van der Waals surface area contributed by atoms with Crippen LogP contribution >= 0.6 is 27.5 Å². The van der Waals surface area contributed by atoms with Crippen molar-refractivity contribution in [1.29, 1.82) is 0 Å². The maximum Gasteiger partial charge on any atom is 0.0208 e. The average Bonchev–Trinajstić information content (AvgIpc) is 2.13. The lowest BCUT2D eigenvalue weighted by atomic mass is 10.2. The van der Waals surface area contributed by atoms with Gasteiger partial charge < -0.3 is 5.32 Å². The smallest absolute Gasteiger partial charge is 0.0208 e. The van der Waals surface area contributed by atoms with Gasteiger partial charge in [0.25, 0.3) is 0 Å². The topological polar surface area (TPSA) is 12.0 Å². The van der Waals surface area contributed by atoms with Gasteiger partial charge in [0.15, 0.2) is 0 Å². The fourth-order valence-electron chi connectivity index (χ4n) is 0.991. The van der Waals surface area contributed by atoms with Crippen LogP contribution in [0.25, 0.3) is 0 Å². The summed E-state index contributed by atoms with van der Waals surface area (Å²) in [4.78, 5) is 0. The number of benzene rings is 1. The van der Waals surface area contributed by atoms with Gasteiger partial charge in [-0.1, -0.05) is 45.7 Å². The van der Waals surface area contributed by atoms with Crippen LogP contribution < -0.4 is 5.32 Å². The molecule has 1 aromatic carbocycles. The van der Waals surface area contributed by atoms with Crippen molar-refractivity contribution in [3.63, 3.8) is 0 Å². The first kappa shape index (κ1) is 10.8. The Morgan fingerprint density at radius 1 is 1.46 bits per heavy atom. The van der Waals surface area contributed by atoms with Crippen molar-refractivity contribution in [2.45, 2.75) is 6.54 Å². The van der Waals surface area contributed by atoms with Crippen molar-refractivity contribution >= 4 is 27.5 Å². The Labute approximate surface area is 91.9 Å². The third-order valence-corrected chi connectivity index (χ3v) is 2.24. The van der Waals surface area contributed by atoms with E-state index in [-0.39, 0.29) is 0 Å². The van der Waals surface area contributed by atoms with Crippen LogP contribution in [0.15, 0.2) is 40.3 Å². The summed E-state index contributed by atoms with van der Waals surface area (Å²) in [5.41, 5.74) is 2.78. The third kappa shape index (κ3) is 4.46. The summed E-state index contributed by atoms with van der Waals surface area (Å²) in [5, 5.41) is 3.24. The van der Waals surface area contributed by atoms with Crippen molar-refractivity contribution in [1.82, 2.24) is 5.32 Å². The molecule has 1 aromatic rings. The van der Waals surface area contributed by atoms with Crippen LogP contribution in [0.4, 0.5) is 0 Å². The van der Waals surface area contributed by atoms with Crippen LogP contribution in [-0.2, 0) is 6.54 Å². The standard InChI is InChI=1S/C10H11BrClN/c11-10-4-1-3-9(7-10)8-13-6-2-5-12/h1-5,7,13H,6,8H2/b5-2+. The summed E-state index contributed by atoms with van der Waals surface area (Å²) < 4.78 is 1.11. The van der Waals surface area contributed by atoms with E-state index in [1.165, 1.54) is 11.1 Å². The summed E-state index contributed by atoms with van der Waals surface area (Å²) in [6, 6.07) is 8.22. The normalized spacial score (nSPS) is 10.9. The molecule has 0 aliphatic heterocycles. The van der Waals surface area contributed by atoms with E-state index in [1.54, 1.807) is 0 Å². The predicted octanol–water partition coefficient (Wildman–Crippen LogP) is 3.29. The quantitative estimate of drug-likeness (QED) is 0.819. The number of hydrogen-bond donors (Lipinski definition) is 1. The zero-order valence-electron chi connectivity index (χ0n) is 7.13. The van der Waals surface area contributed by atoms with E-state index in [2.05, 4.69) is 33.4 Å². The molecule has 0 aliphatic carbocycles. The molecule has 3 heteroatoms. The molecule has 0 saturated carbocycles. The van der Waals surface area contributed by atoms with Crippen molar-refractivity contribution in [3.8, 4) is 0 Å². The number of hydrogen-bond acceptors (Lipinski definition) is 1. The van der Waals surface area contributed by atoms with Gasteiger partial charge in [-0.25, -0.2) is 0 Å². The molecule has 0 spiro atoms. The molecule has 0 aromatic heterocycles. The van der Waals surface area contributed by atoms with Crippen LogP contribution in [0.1, 0.15) is 5.56 Å². The molecule has 0 aliphatic rings. The molecule has 0 saturated heterocycles. The molecule has 0 fully saturated rings. The van der Waals surface area contributed by atoms with Gasteiger partial charge in [-0.15, -0.1) is 0 Å². The lowest BCUT2D eigenvalue weighted by molar-refractivity contribution is 0.760. The Hall–Kier alpha value is -0.310. The summed E-state index contributed by atoms with van der Waals surface area (Å²) >= 11 is 8.80. The number of nitrogens with one attached hydrogen (secondary N) is 1. The maximum absolute atomic E-state index is 5.38. The van der Waals surface area contributed by atoms with Gasteiger partial charge in [-0.3, -0.25) is 0 Å². The van der Waals surface area contributed by atoms with E-state index in [1.807, 2.05) is 18.2 Å². The van der Waals surface area contributed by atoms with E-state index in [9.17, 15) is 0 Å². The van der Waals surface area contributed by atoms with E-state index in [0.717, 1.165) is 17.6 Å². The Morgan fingerprint density at radius 2 is 2.31 bits per heavy atom. The second-order valence-corrected chi connectivity index (χ2v) is 3.79. The van der Waals surface area contributed by atoms with Crippen LogP contribution in [0, 0.1) is 0 Å². The second-order valence-electron chi connectivity index (χ2n) is 2.62. The first-order valence-corrected chi connectivity index (χ1v) is 5.26. The molecule has 1 nitrogen and oxygen atoms in total. The van der Waals surface area contributed by atoms with Gasteiger partial charge in [0.2, 0.25) is 0 Å². The first-order chi connectivity index (χ1) is 6.33. The number of rotatable bonds is 4. The van der Waals surface area contributed by atoms with Gasteiger partial charge in [-0.2, -0.15) is 0 Å². The lowest BCUT2D eigenvalue weighted by Crippen LogP contribution is -2.12. The fraction of sp³-hybridized carbons (Fsp3) is 0.200. The van der Waals surface area contributed by atoms with Gasteiger partial charge in [-0.05, 0) is 17.7 Å². The van der Waals surface area contributed by atoms with Crippen molar-refractivity contribution in [3.05, 3.63) is 45.9 Å². The van der Waals surface area contributed by atoms with E-state index in [0.29, 0.717) is 0 Å². The molecule has 0 heterocycles. The van der Waals surface area contributed by atoms with Crippen LogP contribution in [0.2, 0.25) is 0 Å². The minimum absolute atomic E-state index is 0.802. The van der Waals surface area contributed by atoms with Crippen LogP contribution in [-0.4, -0.2) is 6.54 Å². The van der Waals surface area contributed by atoms with Crippen LogP contribution in [0.3, 0.4) is 0 Å². The highest BCUT2D eigenvalue weighted by Crippen LogP contribution is 2.10. The average molecular weight is 261 g/mol. The van der Waals surface area contributed by atoms with Crippen LogP contribution in [0.5, 0.6) is 0 Å². The zero-order chi connectivity index (χ0) is 9.52. The van der Waals surface area contributed by atoms with Crippen molar-refractivity contribution < 1.29 is 0 Å². The van der Waals surface area contributed by atoms with E-state index >= 15 is 0 Å². The summed E-state index contributed by atoms with van der Waals surface area (Å²) in [5.74, 6) is 0. The van der Waals surface area contributed by atoms with Crippen molar-refractivity contribution in [2.75, 3.05) is 6.54 Å². The number of halogens is 2. The Bertz CT molecular complexity index is 286. The molecule has 0 radical (unpaired) electrons. The monoisotopic (exact) mass is 259 g/mol. The fourth-order valence-corrected chi connectivity index (χ4v) is 1.53. The Balaban J connectivity index is 2.36. The molecule has 0 amide bonds. The highest BCUT2D eigenvalue weighted by molar-refractivity contribution is 9.10. The lowest BCUT2D eigenvalue weighted by Gasteiger charge is -2.01. The molecule has 1 N–H and O–H groups in total. The summed E-state index contributed by atoms with van der Waals surface area (Å²) in [6.07, 6.45) is 1.87. The maximum atomic E-state index is 5.38. The molecule has 1 rings (SSSR count). The molecule has 0 unspecified atom stereocenters. The Kier molecular flexibility index (Phi) is 5.13. The molecule has 70 valence electrons. The highest BCUT2D eigenvalue weighted by atomic mass is 79.9. The third-order valence-electron chi connectivity index (χ3n) is 1.57. The van der Waals surface area contributed by atoms with Crippen molar-refractivity contribution in [2.24, 2.45) is 0 Å². The molecular formula is C10H11BrClN. The largest absolute Gasteiger partial charge is 0.309 e. The zero-order valence-corrected chi connectivity index (χ0v) is 9.48. The first-order valence-electron chi connectivity index (χ1n) is 4.03. The van der Waals surface area contributed by atoms with Gasteiger partial charge in [0.1, 0.15) is 0 Å². The SMILES string of the molecule is Cl/C=C/CNCc1cccc(Br)c1. The predicted molar refractivity (Wildman–Crippen MR) is 60.8 cm³/mol. The highest BCUT2D eigenvalue weighted by Gasteiger charge is 1.91. The molecular weight excluding hydrogens is 249 g/mol. The van der Waals surface area contributed by atoms with Gasteiger partial charge in [0.05, 0.1) is 0 Å². The Morgan fingerprint density at radius 3 is 3.00 bits per heavy atom. The van der Waals surface area contributed by atoms with Gasteiger partial charge in [0, 0.05) is 23.1 Å². The minimum atomic E-state index is 0.802. The summed E-state index contributed by atoms with van der Waals surface area (Å²) in [6.45, 7) is 1.66. The second kappa shape index (κ2) is 6.19. The molecule has 13 heavy (non-hydrogen) atoms. The van der Waals surface area contributed by atoms with E-state index < -0.39 is 0 Å².